The molecule has 1 aliphatic heterocycles. The van der Waals surface area contributed by atoms with Gasteiger partial charge in [-0.3, -0.25) is 4.79 Å². The lowest BCUT2D eigenvalue weighted by Gasteiger charge is -2.32. The molecule has 0 aliphatic carbocycles. The third-order valence-corrected chi connectivity index (χ3v) is 5.39. The minimum atomic E-state index is -0.934. The highest BCUT2D eigenvalue weighted by molar-refractivity contribution is 7.20. The molecule has 21 heavy (non-hydrogen) atoms. The number of carboxylic acids is 1. The van der Waals surface area contributed by atoms with Gasteiger partial charge in [-0.25, -0.2) is 9.78 Å². The van der Waals surface area contributed by atoms with Crippen molar-refractivity contribution in [2.24, 2.45) is 0 Å². The van der Waals surface area contributed by atoms with Crippen molar-refractivity contribution >= 4 is 34.6 Å². The summed E-state index contributed by atoms with van der Waals surface area (Å²) in [6, 6.07) is 3.17. The molecule has 1 N–H and O–H groups in total. The van der Waals surface area contributed by atoms with E-state index < -0.39 is 12.0 Å². The molecule has 2 aromatic rings. The molecule has 110 valence electrons. The Kier molecular flexibility index (Phi) is 4.03. The van der Waals surface area contributed by atoms with Gasteiger partial charge >= 0.3 is 5.97 Å². The van der Waals surface area contributed by atoms with Crippen molar-refractivity contribution in [1.29, 1.82) is 0 Å². The molecule has 3 rings (SSSR count). The van der Waals surface area contributed by atoms with Crippen LogP contribution in [0.25, 0.3) is 9.88 Å². The first-order chi connectivity index (χ1) is 10.2. The fraction of sp³-hybridized carbons (Fsp3) is 0.357. The number of nitrogens with zero attached hydrogens (tertiary/aromatic N) is 2. The number of rotatable bonds is 3. The minimum absolute atomic E-state index is 0.277. The van der Waals surface area contributed by atoms with Crippen LogP contribution in [0.2, 0.25) is 0 Å². The summed E-state index contributed by atoms with van der Waals surface area (Å²) >= 11 is 2.98. The molecule has 3 heterocycles. The van der Waals surface area contributed by atoms with E-state index in [1.165, 1.54) is 16.2 Å². The van der Waals surface area contributed by atoms with Crippen molar-refractivity contribution in [3.63, 3.8) is 0 Å². The Morgan fingerprint density at radius 2 is 2.19 bits per heavy atom. The first-order valence-corrected chi connectivity index (χ1v) is 8.46. The Morgan fingerprint density at radius 3 is 2.90 bits per heavy atom. The van der Waals surface area contributed by atoms with Gasteiger partial charge in [0.05, 0.1) is 4.88 Å². The van der Waals surface area contributed by atoms with Gasteiger partial charge in [-0.15, -0.1) is 22.7 Å². The predicted molar refractivity (Wildman–Crippen MR) is 81.7 cm³/mol. The number of carbonyl (C=O) groups is 2. The zero-order valence-electron chi connectivity index (χ0n) is 11.2. The largest absolute Gasteiger partial charge is 0.480 e. The fourth-order valence-electron chi connectivity index (χ4n) is 2.46. The number of hydrogen-bond donors (Lipinski definition) is 1. The first-order valence-electron chi connectivity index (χ1n) is 6.70. The Bertz CT molecular complexity index is 651. The van der Waals surface area contributed by atoms with Gasteiger partial charge in [0.2, 0.25) is 0 Å². The summed E-state index contributed by atoms with van der Waals surface area (Å²) in [6.45, 7) is 0.488. The van der Waals surface area contributed by atoms with E-state index in [9.17, 15) is 14.7 Å². The second kappa shape index (κ2) is 5.95. The normalized spacial score (nSPS) is 18.7. The predicted octanol–water partition coefficient (Wildman–Crippen LogP) is 2.95. The van der Waals surface area contributed by atoms with Crippen LogP contribution in [0.4, 0.5) is 0 Å². The Balaban J connectivity index is 1.83. The monoisotopic (exact) mass is 322 g/mol. The molecular formula is C14H14N2O3S2. The third kappa shape index (κ3) is 2.84. The molecule has 1 atom stereocenters. The number of aromatic nitrogens is 1. The summed E-state index contributed by atoms with van der Waals surface area (Å²) < 4.78 is 0. The summed E-state index contributed by atoms with van der Waals surface area (Å²) in [5.41, 5.74) is 0.344. The standard InChI is InChI=1S/C14H14N2O3S2/c17-13(16-6-2-1-4-10(16)14(18)19)9-8-21-12(15-9)11-5-3-7-20-11/h3,5,7-8,10H,1-2,4,6H2,(H,18,19)/t10-/m1/s1. The number of aliphatic carboxylic acids is 1. The van der Waals surface area contributed by atoms with Crippen LogP contribution in [0.5, 0.6) is 0 Å². The SMILES string of the molecule is O=C(O)[C@H]1CCCCN1C(=O)c1csc(-c2cccs2)n1. The molecule has 0 radical (unpaired) electrons. The van der Waals surface area contributed by atoms with E-state index in [0.717, 1.165) is 22.7 Å². The molecule has 1 fully saturated rings. The maximum Gasteiger partial charge on any atom is 0.326 e. The number of thiophene rings is 1. The van der Waals surface area contributed by atoms with Crippen molar-refractivity contribution in [3.8, 4) is 9.88 Å². The van der Waals surface area contributed by atoms with Crippen LogP contribution in [0.15, 0.2) is 22.9 Å². The molecular weight excluding hydrogens is 308 g/mol. The number of carboxylic acid groups (broad SMARTS) is 1. The molecule has 0 saturated carbocycles. The number of thiazole rings is 1. The molecule has 5 nitrogen and oxygen atoms in total. The number of hydrogen-bond acceptors (Lipinski definition) is 5. The lowest BCUT2D eigenvalue weighted by atomic mass is 10.0. The van der Waals surface area contributed by atoms with E-state index in [2.05, 4.69) is 4.98 Å². The highest BCUT2D eigenvalue weighted by Crippen LogP contribution is 2.29. The smallest absolute Gasteiger partial charge is 0.326 e. The topological polar surface area (TPSA) is 70.5 Å². The van der Waals surface area contributed by atoms with E-state index in [1.54, 1.807) is 16.7 Å². The molecule has 7 heteroatoms. The van der Waals surface area contributed by atoms with Crippen molar-refractivity contribution in [3.05, 3.63) is 28.6 Å². The van der Waals surface area contributed by atoms with E-state index in [1.807, 2.05) is 17.5 Å². The molecule has 0 spiro atoms. The van der Waals surface area contributed by atoms with Gasteiger partial charge in [-0.05, 0) is 30.7 Å². The maximum atomic E-state index is 12.5. The van der Waals surface area contributed by atoms with Crippen molar-refractivity contribution < 1.29 is 14.7 Å². The number of carbonyl (C=O) groups excluding carboxylic acids is 1. The van der Waals surface area contributed by atoms with Gasteiger partial charge < -0.3 is 10.0 Å². The quantitative estimate of drug-likeness (QED) is 0.943. The van der Waals surface area contributed by atoms with Crippen LogP contribution in [-0.2, 0) is 4.79 Å². The maximum absolute atomic E-state index is 12.5. The van der Waals surface area contributed by atoms with Crippen LogP contribution in [0.3, 0.4) is 0 Å². The molecule has 0 aromatic carbocycles. The lowest BCUT2D eigenvalue weighted by molar-refractivity contribution is -0.143. The minimum Gasteiger partial charge on any atom is -0.480 e. The van der Waals surface area contributed by atoms with Crippen LogP contribution < -0.4 is 0 Å². The highest BCUT2D eigenvalue weighted by Gasteiger charge is 2.33. The second-order valence-electron chi connectivity index (χ2n) is 4.86. The molecule has 0 unspecified atom stereocenters. The van der Waals surface area contributed by atoms with E-state index in [-0.39, 0.29) is 5.91 Å². The van der Waals surface area contributed by atoms with Gasteiger partial charge in [0.1, 0.15) is 16.7 Å². The fourth-order valence-corrected chi connectivity index (χ4v) is 4.07. The van der Waals surface area contributed by atoms with Gasteiger partial charge in [0.15, 0.2) is 0 Å². The van der Waals surface area contributed by atoms with Gasteiger partial charge in [-0.1, -0.05) is 6.07 Å². The van der Waals surface area contributed by atoms with Crippen LogP contribution in [0.1, 0.15) is 29.8 Å². The number of likely N-dealkylation sites (tertiary alicyclic amines) is 1. The third-order valence-electron chi connectivity index (χ3n) is 3.50. The van der Waals surface area contributed by atoms with E-state index in [4.69, 9.17) is 0 Å². The summed E-state index contributed by atoms with van der Waals surface area (Å²) in [4.78, 5) is 30.6. The van der Waals surface area contributed by atoms with Crippen molar-refractivity contribution in [2.75, 3.05) is 6.54 Å². The Hall–Kier alpha value is -1.73. The summed E-state index contributed by atoms with van der Waals surface area (Å²) in [7, 11) is 0. The zero-order chi connectivity index (χ0) is 14.8. The van der Waals surface area contributed by atoms with Crippen molar-refractivity contribution in [1.82, 2.24) is 9.88 Å². The average Bonchev–Trinajstić information content (AvgIpc) is 3.17. The molecule has 2 aromatic heterocycles. The molecule has 1 amide bonds. The summed E-state index contributed by atoms with van der Waals surface area (Å²) in [5, 5.41) is 13.7. The molecule has 1 aliphatic rings. The second-order valence-corrected chi connectivity index (χ2v) is 6.67. The summed E-state index contributed by atoms with van der Waals surface area (Å²) in [6.07, 6.45) is 2.21. The van der Waals surface area contributed by atoms with Gasteiger partial charge in [-0.2, -0.15) is 0 Å². The van der Waals surface area contributed by atoms with Crippen molar-refractivity contribution in [2.45, 2.75) is 25.3 Å². The zero-order valence-corrected chi connectivity index (χ0v) is 12.8. The van der Waals surface area contributed by atoms with Gasteiger partial charge in [0.25, 0.3) is 5.91 Å². The lowest BCUT2D eigenvalue weighted by Crippen LogP contribution is -2.48. The van der Waals surface area contributed by atoms with Crippen LogP contribution >= 0.6 is 22.7 Å². The van der Waals surface area contributed by atoms with Gasteiger partial charge in [0, 0.05) is 11.9 Å². The highest BCUT2D eigenvalue weighted by atomic mass is 32.1. The Morgan fingerprint density at radius 1 is 1.33 bits per heavy atom. The average molecular weight is 322 g/mol. The molecule has 0 bridgehead atoms. The van der Waals surface area contributed by atoms with Crippen LogP contribution in [0, 0.1) is 0 Å². The van der Waals surface area contributed by atoms with E-state index >= 15 is 0 Å². The number of amides is 1. The first kappa shape index (κ1) is 14.2. The molecule has 1 saturated heterocycles. The van der Waals surface area contributed by atoms with Crippen LogP contribution in [-0.4, -0.2) is 39.5 Å². The summed E-state index contributed by atoms with van der Waals surface area (Å²) in [5.74, 6) is -1.21. The number of piperidine rings is 1. The Labute approximate surface area is 129 Å². The van der Waals surface area contributed by atoms with E-state index in [0.29, 0.717) is 18.7 Å².